The minimum atomic E-state index is 0.176. The van der Waals surface area contributed by atoms with Crippen molar-refractivity contribution in [1.82, 2.24) is 4.90 Å². The van der Waals surface area contributed by atoms with Crippen molar-refractivity contribution < 1.29 is 4.74 Å². The van der Waals surface area contributed by atoms with Crippen LogP contribution in [-0.2, 0) is 6.54 Å². The van der Waals surface area contributed by atoms with Crippen molar-refractivity contribution in [3.05, 3.63) is 29.8 Å². The van der Waals surface area contributed by atoms with E-state index in [1.807, 2.05) is 6.07 Å². The third kappa shape index (κ3) is 3.78. The molecule has 3 heteroatoms. The number of ether oxygens (including phenoxy) is 1. The van der Waals surface area contributed by atoms with Crippen molar-refractivity contribution in [3.8, 4) is 5.75 Å². The van der Waals surface area contributed by atoms with Crippen molar-refractivity contribution in [2.24, 2.45) is 11.7 Å². The maximum absolute atomic E-state index is 6.22. The van der Waals surface area contributed by atoms with Crippen LogP contribution >= 0.6 is 0 Å². The molecule has 0 radical (unpaired) electrons. The molecule has 0 heterocycles. The van der Waals surface area contributed by atoms with E-state index < -0.39 is 0 Å². The molecule has 21 heavy (non-hydrogen) atoms. The van der Waals surface area contributed by atoms with Gasteiger partial charge in [0.2, 0.25) is 0 Å². The lowest BCUT2D eigenvalue weighted by Crippen LogP contribution is -2.55. The van der Waals surface area contributed by atoms with Gasteiger partial charge in [0.25, 0.3) is 0 Å². The van der Waals surface area contributed by atoms with Crippen LogP contribution in [0.5, 0.6) is 5.75 Å². The lowest BCUT2D eigenvalue weighted by molar-refractivity contribution is 0.0366. The van der Waals surface area contributed by atoms with Gasteiger partial charge in [0.05, 0.1) is 7.11 Å². The Hall–Kier alpha value is -1.06. The number of hydrogen-bond donors (Lipinski definition) is 1. The first kappa shape index (κ1) is 16.3. The van der Waals surface area contributed by atoms with Gasteiger partial charge in [0.1, 0.15) is 5.75 Å². The number of rotatable bonds is 6. The van der Waals surface area contributed by atoms with Crippen LogP contribution in [0.2, 0.25) is 0 Å². The maximum atomic E-state index is 6.22. The van der Waals surface area contributed by atoms with Crippen LogP contribution in [0.4, 0.5) is 0 Å². The second kappa shape index (κ2) is 7.28. The molecule has 3 nitrogen and oxygen atoms in total. The van der Waals surface area contributed by atoms with E-state index in [9.17, 15) is 0 Å². The van der Waals surface area contributed by atoms with Crippen molar-refractivity contribution in [1.29, 1.82) is 0 Å². The van der Waals surface area contributed by atoms with Gasteiger partial charge in [-0.2, -0.15) is 0 Å². The van der Waals surface area contributed by atoms with Gasteiger partial charge in [-0.25, -0.2) is 0 Å². The van der Waals surface area contributed by atoms with Crippen LogP contribution in [0.1, 0.15) is 45.1 Å². The second-order valence-corrected chi connectivity index (χ2v) is 6.50. The highest BCUT2D eigenvalue weighted by molar-refractivity contribution is 5.28. The normalized spacial score (nSPS) is 26.0. The number of likely N-dealkylation sites (N-methyl/N-ethyl adjacent to an activating group) is 1. The van der Waals surface area contributed by atoms with Crippen molar-refractivity contribution >= 4 is 0 Å². The summed E-state index contributed by atoms with van der Waals surface area (Å²) in [6.45, 7) is 7.37. The zero-order valence-electron chi connectivity index (χ0n) is 13.8. The lowest BCUT2D eigenvalue weighted by atomic mass is 9.75. The van der Waals surface area contributed by atoms with Gasteiger partial charge < -0.3 is 10.5 Å². The Kier molecular flexibility index (Phi) is 5.65. The van der Waals surface area contributed by atoms with Gasteiger partial charge >= 0.3 is 0 Å². The summed E-state index contributed by atoms with van der Waals surface area (Å²) in [4.78, 5) is 2.58. The summed E-state index contributed by atoms with van der Waals surface area (Å²) in [5.41, 5.74) is 7.70. The highest BCUT2D eigenvalue weighted by atomic mass is 16.5. The number of benzene rings is 1. The summed E-state index contributed by atoms with van der Waals surface area (Å²) < 4.78 is 5.34. The lowest BCUT2D eigenvalue weighted by Gasteiger charge is -2.47. The maximum Gasteiger partial charge on any atom is 0.119 e. The van der Waals surface area contributed by atoms with Crippen LogP contribution in [-0.4, -0.2) is 30.6 Å². The first-order chi connectivity index (χ1) is 10.1. The molecule has 1 aromatic rings. The van der Waals surface area contributed by atoms with E-state index in [0.29, 0.717) is 0 Å². The third-order valence-corrected chi connectivity index (χ3v) is 5.01. The van der Waals surface area contributed by atoms with Crippen LogP contribution in [0.25, 0.3) is 0 Å². The molecule has 2 rings (SSSR count). The summed E-state index contributed by atoms with van der Waals surface area (Å²) in [7, 11) is 1.72. The molecule has 0 amide bonds. The Labute approximate surface area is 129 Å². The smallest absolute Gasteiger partial charge is 0.119 e. The fraction of sp³-hybridized carbons (Fsp3) is 0.667. The molecule has 1 aromatic carbocycles. The number of methoxy groups -OCH3 is 1. The van der Waals surface area contributed by atoms with E-state index in [0.717, 1.165) is 31.3 Å². The quantitative estimate of drug-likeness (QED) is 0.872. The molecule has 0 aliphatic heterocycles. The van der Waals surface area contributed by atoms with Gasteiger partial charge in [-0.05, 0) is 43.0 Å². The molecule has 2 atom stereocenters. The first-order valence-electron chi connectivity index (χ1n) is 8.21. The zero-order valence-corrected chi connectivity index (χ0v) is 13.8. The van der Waals surface area contributed by atoms with Crippen molar-refractivity contribution in [3.63, 3.8) is 0 Å². The average molecular weight is 290 g/mol. The van der Waals surface area contributed by atoms with E-state index in [-0.39, 0.29) is 5.54 Å². The van der Waals surface area contributed by atoms with E-state index in [4.69, 9.17) is 10.5 Å². The predicted octanol–water partition coefficient (Wildman–Crippen LogP) is 3.42. The van der Waals surface area contributed by atoms with Crippen LogP contribution in [0.3, 0.4) is 0 Å². The molecule has 2 unspecified atom stereocenters. The molecular weight excluding hydrogens is 260 g/mol. The van der Waals surface area contributed by atoms with Crippen LogP contribution < -0.4 is 10.5 Å². The zero-order chi connectivity index (χ0) is 15.3. The van der Waals surface area contributed by atoms with E-state index in [1.54, 1.807) is 7.11 Å². The van der Waals surface area contributed by atoms with Gasteiger partial charge in [-0.1, -0.05) is 38.8 Å². The predicted molar refractivity (Wildman–Crippen MR) is 88.5 cm³/mol. The highest BCUT2D eigenvalue weighted by Crippen LogP contribution is 2.37. The minimum absolute atomic E-state index is 0.176. The number of nitrogens with two attached hydrogens (primary N) is 1. The summed E-state index contributed by atoms with van der Waals surface area (Å²) in [5, 5.41) is 0. The third-order valence-electron chi connectivity index (χ3n) is 5.01. The van der Waals surface area contributed by atoms with Crippen molar-refractivity contribution in [2.75, 3.05) is 20.2 Å². The Balaban J connectivity index is 2.17. The molecule has 0 saturated heterocycles. The molecule has 0 aromatic heterocycles. The summed E-state index contributed by atoms with van der Waals surface area (Å²) in [5.74, 6) is 1.71. The second-order valence-electron chi connectivity index (χ2n) is 6.50. The van der Waals surface area contributed by atoms with Gasteiger partial charge in [-0.3, -0.25) is 4.90 Å². The van der Waals surface area contributed by atoms with E-state index in [2.05, 4.69) is 36.9 Å². The van der Waals surface area contributed by atoms with Crippen molar-refractivity contribution in [2.45, 2.75) is 51.6 Å². The summed E-state index contributed by atoms with van der Waals surface area (Å²) in [6, 6.07) is 8.39. The van der Waals surface area contributed by atoms with Crippen LogP contribution in [0, 0.1) is 5.92 Å². The van der Waals surface area contributed by atoms with Gasteiger partial charge in [0.15, 0.2) is 0 Å². The highest BCUT2D eigenvalue weighted by Gasteiger charge is 2.38. The van der Waals surface area contributed by atoms with Gasteiger partial charge in [-0.15, -0.1) is 0 Å². The topological polar surface area (TPSA) is 38.5 Å². The standard InChI is InChI=1S/C18H30N2O/c1-4-20(13-16-8-5-9-17(11-16)21-3)18(14-19)10-6-7-15(2)12-18/h5,8-9,11,15H,4,6-7,10,12-14,19H2,1-3H3. The first-order valence-corrected chi connectivity index (χ1v) is 8.21. The minimum Gasteiger partial charge on any atom is -0.497 e. The van der Waals surface area contributed by atoms with Gasteiger partial charge in [0, 0.05) is 18.6 Å². The number of hydrogen-bond acceptors (Lipinski definition) is 3. The monoisotopic (exact) mass is 290 g/mol. The average Bonchev–Trinajstić information content (AvgIpc) is 2.52. The van der Waals surface area contributed by atoms with E-state index >= 15 is 0 Å². The SMILES string of the molecule is CCN(Cc1cccc(OC)c1)C1(CN)CCCC(C)C1. The molecular formula is C18H30N2O. The Bertz CT molecular complexity index is 449. The molecule has 1 aliphatic carbocycles. The van der Waals surface area contributed by atoms with E-state index in [1.165, 1.54) is 31.2 Å². The molecule has 0 bridgehead atoms. The Morgan fingerprint density at radius 1 is 1.43 bits per heavy atom. The molecule has 0 spiro atoms. The largest absolute Gasteiger partial charge is 0.497 e. The summed E-state index contributed by atoms with van der Waals surface area (Å²) in [6.07, 6.45) is 5.10. The Morgan fingerprint density at radius 3 is 2.86 bits per heavy atom. The Morgan fingerprint density at radius 2 is 2.24 bits per heavy atom. The molecule has 1 aliphatic rings. The molecule has 2 N–H and O–H groups in total. The number of nitrogens with zero attached hydrogens (tertiary/aromatic N) is 1. The fourth-order valence-electron chi connectivity index (χ4n) is 3.84. The molecule has 1 fully saturated rings. The molecule has 118 valence electrons. The van der Waals surface area contributed by atoms with Crippen LogP contribution in [0.15, 0.2) is 24.3 Å². The molecule has 1 saturated carbocycles. The fourth-order valence-corrected chi connectivity index (χ4v) is 3.84. The summed E-state index contributed by atoms with van der Waals surface area (Å²) >= 11 is 0.